The molecule has 4 rings (SSSR count). The Hall–Kier alpha value is -2.73. The van der Waals surface area contributed by atoms with Crippen molar-refractivity contribution in [2.45, 2.75) is 32.2 Å². The molecule has 0 spiro atoms. The minimum Gasteiger partial charge on any atom is -0.452 e. The van der Waals surface area contributed by atoms with E-state index in [0.717, 1.165) is 53.4 Å². The summed E-state index contributed by atoms with van der Waals surface area (Å²) < 4.78 is 5.45. The standard InChI is InChI=1S/C22H22N2O3S/c1-24(12-15-10-11-28-14-15)20(25)13-27-22(26)21-16-6-2-4-8-18(16)23-19-9-5-3-7-17(19)21/h2,4,6,8,10-11,14H,3,5,7,9,12-13H2,1H3. The van der Waals surface area contributed by atoms with Crippen LogP contribution in [0.1, 0.15) is 40.0 Å². The topological polar surface area (TPSA) is 59.5 Å². The lowest BCUT2D eigenvalue weighted by Crippen LogP contribution is -2.31. The van der Waals surface area contributed by atoms with Gasteiger partial charge in [-0.25, -0.2) is 4.79 Å². The number of fused-ring (bicyclic) bond motifs is 2. The molecule has 0 radical (unpaired) electrons. The summed E-state index contributed by atoms with van der Waals surface area (Å²) in [4.78, 5) is 31.7. The molecule has 1 aliphatic carbocycles. The maximum atomic E-state index is 13.0. The number of esters is 1. The summed E-state index contributed by atoms with van der Waals surface area (Å²) in [6.45, 7) is 0.248. The van der Waals surface area contributed by atoms with Gasteiger partial charge in [0, 0.05) is 24.7 Å². The third-order valence-corrected chi connectivity index (χ3v) is 5.86. The van der Waals surface area contributed by atoms with E-state index in [9.17, 15) is 9.59 Å². The van der Waals surface area contributed by atoms with Crippen molar-refractivity contribution in [3.05, 3.63) is 63.5 Å². The van der Waals surface area contributed by atoms with Crippen molar-refractivity contribution in [3.8, 4) is 0 Å². The predicted octanol–water partition coefficient (Wildman–Crippen LogP) is 3.99. The summed E-state index contributed by atoms with van der Waals surface area (Å²) in [5.41, 5.74) is 4.41. The molecule has 1 aromatic carbocycles. The van der Waals surface area contributed by atoms with Gasteiger partial charge in [0.15, 0.2) is 6.61 Å². The van der Waals surface area contributed by atoms with E-state index < -0.39 is 5.97 Å². The number of aryl methyl sites for hydroxylation is 1. The number of amides is 1. The van der Waals surface area contributed by atoms with Crippen molar-refractivity contribution < 1.29 is 14.3 Å². The maximum Gasteiger partial charge on any atom is 0.339 e. The van der Waals surface area contributed by atoms with Crippen LogP contribution in [-0.4, -0.2) is 35.4 Å². The van der Waals surface area contributed by atoms with Crippen LogP contribution in [0.15, 0.2) is 41.1 Å². The van der Waals surface area contributed by atoms with Gasteiger partial charge in [-0.15, -0.1) is 0 Å². The average molecular weight is 394 g/mol. The van der Waals surface area contributed by atoms with Crippen molar-refractivity contribution in [2.75, 3.05) is 13.7 Å². The summed E-state index contributed by atoms with van der Waals surface area (Å²) in [5.74, 6) is -0.652. The zero-order valence-electron chi connectivity index (χ0n) is 15.8. The first-order valence-electron chi connectivity index (χ1n) is 9.46. The van der Waals surface area contributed by atoms with E-state index in [-0.39, 0.29) is 12.5 Å². The van der Waals surface area contributed by atoms with Crippen molar-refractivity contribution >= 4 is 34.1 Å². The second-order valence-electron chi connectivity index (χ2n) is 7.09. The molecule has 5 nitrogen and oxygen atoms in total. The predicted molar refractivity (Wildman–Crippen MR) is 109 cm³/mol. The third-order valence-electron chi connectivity index (χ3n) is 5.13. The Morgan fingerprint density at radius 3 is 2.82 bits per heavy atom. The summed E-state index contributed by atoms with van der Waals surface area (Å²) in [7, 11) is 1.72. The molecule has 0 saturated heterocycles. The normalized spacial score (nSPS) is 13.2. The Labute approximate surface area is 168 Å². The molecule has 28 heavy (non-hydrogen) atoms. The largest absolute Gasteiger partial charge is 0.452 e. The zero-order chi connectivity index (χ0) is 19.5. The van der Waals surface area contributed by atoms with E-state index in [1.54, 1.807) is 23.3 Å². The van der Waals surface area contributed by atoms with E-state index >= 15 is 0 Å². The zero-order valence-corrected chi connectivity index (χ0v) is 16.6. The SMILES string of the molecule is CN(Cc1ccsc1)C(=O)COC(=O)c1c2c(nc3ccccc13)CCCC2. The van der Waals surface area contributed by atoms with Gasteiger partial charge in [0.05, 0.1) is 11.1 Å². The van der Waals surface area contributed by atoms with E-state index in [4.69, 9.17) is 9.72 Å². The molecule has 0 saturated carbocycles. The molecule has 1 amide bonds. The smallest absolute Gasteiger partial charge is 0.339 e. The number of nitrogens with zero attached hydrogens (tertiary/aromatic N) is 2. The van der Waals surface area contributed by atoms with Gasteiger partial charge in [-0.05, 0) is 59.7 Å². The van der Waals surface area contributed by atoms with Crippen molar-refractivity contribution in [3.63, 3.8) is 0 Å². The highest BCUT2D eigenvalue weighted by Gasteiger charge is 2.24. The molecule has 3 aromatic rings. The highest BCUT2D eigenvalue weighted by atomic mass is 32.1. The number of carbonyl (C=O) groups is 2. The second kappa shape index (κ2) is 8.10. The highest BCUT2D eigenvalue weighted by Crippen LogP contribution is 2.29. The fourth-order valence-electron chi connectivity index (χ4n) is 3.66. The summed E-state index contributed by atoms with van der Waals surface area (Å²) in [6, 6.07) is 9.62. The lowest BCUT2D eigenvalue weighted by atomic mass is 9.90. The van der Waals surface area contributed by atoms with Crippen LogP contribution in [-0.2, 0) is 28.9 Å². The van der Waals surface area contributed by atoms with Gasteiger partial charge >= 0.3 is 5.97 Å². The van der Waals surface area contributed by atoms with Gasteiger partial charge in [0.2, 0.25) is 0 Å². The number of hydrogen-bond donors (Lipinski definition) is 0. The van der Waals surface area contributed by atoms with Crippen LogP contribution >= 0.6 is 11.3 Å². The number of carbonyl (C=O) groups excluding carboxylic acids is 2. The molecule has 144 valence electrons. The monoisotopic (exact) mass is 394 g/mol. The average Bonchev–Trinajstić information content (AvgIpc) is 3.22. The molecule has 1 aliphatic rings. The lowest BCUT2D eigenvalue weighted by molar-refractivity contribution is -0.133. The van der Waals surface area contributed by atoms with Gasteiger partial charge < -0.3 is 9.64 Å². The number of rotatable bonds is 5. The van der Waals surface area contributed by atoms with Crippen LogP contribution in [0.5, 0.6) is 0 Å². The van der Waals surface area contributed by atoms with Crippen LogP contribution in [0.2, 0.25) is 0 Å². The fourth-order valence-corrected chi connectivity index (χ4v) is 4.32. The van der Waals surface area contributed by atoms with Crippen molar-refractivity contribution in [1.82, 2.24) is 9.88 Å². The number of pyridine rings is 1. The van der Waals surface area contributed by atoms with Crippen LogP contribution in [0.3, 0.4) is 0 Å². The second-order valence-corrected chi connectivity index (χ2v) is 7.87. The quantitative estimate of drug-likeness (QED) is 0.614. The molecule has 0 unspecified atom stereocenters. The van der Waals surface area contributed by atoms with Crippen LogP contribution in [0.4, 0.5) is 0 Å². The molecule has 6 heteroatoms. The Morgan fingerprint density at radius 1 is 1.18 bits per heavy atom. The first-order valence-corrected chi connectivity index (χ1v) is 10.4. The molecule has 0 bridgehead atoms. The molecule has 2 aromatic heterocycles. The van der Waals surface area contributed by atoms with E-state index in [1.807, 2.05) is 41.1 Å². The number of thiophene rings is 1. The van der Waals surface area contributed by atoms with Crippen molar-refractivity contribution in [2.24, 2.45) is 0 Å². The van der Waals surface area contributed by atoms with E-state index in [1.165, 1.54) is 0 Å². The molecule has 0 fully saturated rings. The Bertz CT molecular complexity index is 1010. The minimum atomic E-state index is -0.436. The van der Waals surface area contributed by atoms with Gasteiger partial charge in [-0.2, -0.15) is 11.3 Å². The van der Waals surface area contributed by atoms with Gasteiger partial charge in [-0.1, -0.05) is 18.2 Å². The molecular weight excluding hydrogens is 372 g/mol. The summed E-state index contributed by atoms with van der Waals surface area (Å²) in [5, 5.41) is 4.78. The van der Waals surface area contributed by atoms with Gasteiger partial charge in [-0.3, -0.25) is 9.78 Å². The Morgan fingerprint density at radius 2 is 2.00 bits per heavy atom. The minimum absolute atomic E-state index is 0.216. The Balaban J connectivity index is 1.53. The van der Waals surface area contributed by atoms with E-state index in [2.05, 4.69) is 0 Å². The van der Waals surface area contributed by atoms with E-state index in [0.29, 0.717) is 12.1 Å². The Kier molecular flexibility index (Phi) is 5.39. The maximum absolute atomic E-state index is 13.0. The van der Waals surface area contributed by atoms with Gasteiger partial charge in [0.1, 0.15) is 0 Å². The summed E-state index contributed by atoms with van der Waals surface area (Å²) >= 11 is 1.59. The number of ether oxygens (including phenoxy) is 1. The first-order chi connectivity index (χ1) is 13.6. The molecular formula is C22H22N2O3S. The number of likely N-dealkylation sites (N-methyl/N-ethyl adjacent to an activating group) is 1. The lowest BCUT2D eigenvalue weighted by Gasteiger charge is -2.20. The van der Waals surface area contributed by atoms with Crippen LogP contribution in [0, 0.1) is 0 Å². The number of benzene rings is 1. The van der Waals surface area contributed by atoms with Gasteiger partial charge in [0.25, 0.3) is 5.91 Å². The third kappa shape index (κ3) is 3.78. The number of hydrogen-bond acceptors (Lipinski definition) is 5. The fraction of sp³-hybridized carbons (Fsp3) is 0.318. The summed E-state index contributed by atoms with van der Waals surface area (Å²) in [6.07, 6.45) is 3.82. The van der Waals surface area contributed by atoms with Crippen LogP contribution < -0.4 is 0 Å². The molecule has 0 N–H and O–H groups in total. The molecule has 0 aliphatic heterocycles. The first kappa shape index (κ1) is 18.6. The molecule has 0 atom stereocenters. The van der Waals surface area contributed by atoms with Crippen LogP contribution in [0.25, 0.3) is 10.9 Å². The van der Waals surface area contributed by atoms with Crippen molar-refractivity contribution in [1.29, 1.82) is 0 Å². The highest BCUT2D eigenvalue weighted by molar-refractivity contribution is 7.07. The molecule has 2 heterocycles. The number of para-hydroxylation sites is 1. The number of aromatic nitrogens is 1.